The fourth-order valence-corrected chi connectivity index (χ4v) is 1.52. The lowest BCUT2D eigenvalue weighted by atomic mass is 9.93. The van der Waals surface area contributed by atoms with E-state index in [2.05, 4.69) is 4.74 Å². The second-order valence-electron chi connectivity index (χ2n) is 3.71. The highest BCUT2D eigenvalue weighted by Gasteiger charge is 2.29. The van der Waals surface area contributed by atoms with Crippen molar-refractivity contribution in [1.29, 1.82) is 0 Å². The van der Waals surface area contributed by atoms with Crippen molar-refractivity contribution in [2.45, 2.75) is 27.2 Å². The Morgan fingerprint density at radius 1 is 1.11 bits per heavy atom. The Hall–Kier alpha value is -1.97. The number of ether oxygens (including phenoxy) is 1. The molecule has 1 unspecified atom stereocenters. The number of hydrogen-bond donors (Lipinski definition) is 0. The first-order chi connectivity index (χ1) is 9.06. The van der Waals surface area contributed by atoms with Crippen LogP contribution in [-0.4, -0.2) is 24.6 Å². The van der Waals surface area contributed by atoms with Crippen LogP contribution in [0.25, 0.3) is 0 Å². The third kappa shape index (κ3) is 5.46. The molecular formula is C15H20O4. The summed E-state index contributed by atoms with van der Waals surface area (Å²) >= 11 is 0. The van der Waals surface area contributed by atoms with Gasteiger partial charge in [-0.25, -0.2) is 0 Å². The smallest absolute Gasteiger partial charge is 0.317 e. The van der Waals surface area contributed by atoms with Crippen molar-refractivity contribution in [3.05, 3.63) is 35.9 Å². The molecule has 1 atom stereocenters. The lowest BCUT2D eigenvalue weighted by molar-refractivity contribution is -0.145. The largest absolute Gasteiger partial charge is 0.468 e. The molecular weight excluding hydrogens is 244 g/mol. The van der Waals surface area contributed by atoms with Crippen molar-refractivity contribution in [3.63, 3.8) is 0 Å². The summed E-state index contributed by atoms with van der Waals surface area (Å²) in [5, 5.41) is 0. The molecule has 0 amide bonds. The van der Waals surface area contributed by atoms with Crippen LogP contribution in [0.4, 0.5) is 0 Å². The summed E-state index contributed by atoms with van der Waals surface area (Å²) in [6, 6.07) is 8.40. The van der Waals surface area contributed by atoms with E-state index in [0.29, 0.717) is 5.56 Å². The van der Waals surface area contributed by atoms with E-state index in [1.165, 1.54) is 14.0 Å². The number of rotatable bonds is 5. The van der Waals surface area contributed by atoms with Crippen LogP contribution in [0.2, 0.25) is 0 Å². The maximum absolute atomic E-state index is 12.0. The monoisotopic (exact) mass is 264 g/mol. The van der Waals surface area contributed by atoms with Gasteiger partial charge < -0.3 is 4.74 Å². The molecule has 0 aromatic heterocycles. The van der Waals surface area contributed by atoms with Gasteiger partial charge in [-0.1, -0.05) is 44.2 Å². The van der Waals surface area contributed by atoms with Crippen LogP contribution in [0.3, 0.4) is 0 Å². The van der Waals surface area contributed by atoms with Crippen molar-refractivity contribution >= 4 is 17.5 Å². The summed E-state index contributed by atoms with van der Waals surface area (Å²) < 4.78 is 4.54. The minimum Gasteiger partial charge on any atom is -0.468 e. The first-order valence-electron chi connectivity index (χ1n) is 6.22. The fourth-order valence-electron chi connectivity index (χ4n) is 1.52. The Morgan fingerprint density at radius 3 is 2.05 bits per heavy atom. The average Bonchev–Trinajstić information content (AvgIpc) is 2.46. The van der Waals surface area contributed by atoms with E-state index in [0.717, 1.165) is 0 Å². The molecule has 0 N–H and O–H groups in total. The molecule has 0 fully saturated rings. The van der Waals surface area contributed by atoms with Crippen molar-refractivity contribution in [3.8, 4) is 0 Å². The standard InChI is InChI=1S/C13H14O4.C2H6/c1-9(14)8-11(13(16)17-2)12(15)10-6-4-3-5-7-10;1-2/h3-7,11H,8H2,1-2H3;1-2H3. The maximum Gasteiger partial charge on any atom is 0.317 e. The lowest BCUT2D eigenvalue weighted by Gasteiger charge is -2.11. The zero-order chi connectivity index (χ0) is 14.8. The molecule has 0 aliphatic heterocycles. The molecule has 0 heterocycles. The Kier molecular flexibility index (Phi) is 8.09. The van der Waals surface area contributed by atoms with Crippen LogP contribution < -0.4 is 0 Å². The number of carbonyl (C=O) groups excluding carboxylic acids is 3. The molecule has 4 nitrogen and oxygen atoms in total. The predicted octanol–water partition coefficient (Wildman–Crippen LogP) is 2.66. The van der Waals surface area contributed by atoms with Crippen molar-refractivity contribution < 1.29 is 19.1 Å². The molecule has 19 heavy (non-hydrogen) atoms. The first kappa shape index (κ1) is 17.0. The topological polar surface area (TPSA) is 60.4 Å². The summed E-state index contributed by atoms with van der Waals surface area (Å²) in [7, 11) is 1.20. The Morgan fingerprint density at radius 2 is 1.63 bits per heavy atom. The van der Waals surface area contributed by atoms with Crippen molar-refractivity contribution in [1.82, 2.24) is 0 Å². The Bertz CT molecular complexity index is 423. The summed E-state index contributed by atoms with van der Waals surface area (Å²) in [6.45, 7) is 5.34. The molecule has 1 aromatic rings. The highest BCUT2D eigenvalue weighted by atomic mass is 16.5. The van der Waals surface area contributed by atoms with Crippen LogP contribution in [-0.2, 0) is 14.3 Å². The van der Waals surface area contributed by atoms with Crippen LogP contribution in [0.15, 0.2) is 30.3 Å². The second kappa shape index (κ2) is 9.03. The summed E-state index contributed by atoms with van der Waals surface area (Å²) in [6.07, 6.45) is -0.125. The number of methoxy groups -OCH3 is 1. The summed E-state index contributed by atoms with van der Waals surface area (Å²) in [4.78, 5) is 34.5. The van der Waals surface area contributed by atoms with Gasteiger partial charge in [0.25, 0.3) is 0 Å². The average molecular weight is 264 g/mol. The molecule has 0 aliphatic carbocycles. The minimum atomic E-state index is -1.04. The lowest BCUT2D eigenvalue weighted by Crippen LogP contribution is -2.27. The predicted molar refractivity (Wildman–Crippen MR) is 72.9 cm³/mol. The van der Waals surface area contributed by atoms with Gasteiger partial charge in [0.1, 0.15) is 11.7 Å². The number of carbonyl (C=O) groups is 3. The van der Waals surface area contributed by atoms with E-state index < -0.39 is 11.9 Å². The van der Waals surface area contributed by atoms with E-state index in [1.54, 1.807) is 30.3 Å². The van der Waals surface area contributed by atoms with Gasteiger partial charge in [0.15, 0.2) is 5.78 Å². The zero-order valence-electron chi connectivity index (χ0n) is 11.8. The van der Waals surface area contributed by atoms with Gasteiger partial charge in [-0.05, 0) is 6.92 Å². The van der Waals surface area contributed by atoms with Gasteiger partial charge >= 0.3 is 5.97 Å². The van der Waals surface area contributed by atoms with Gasteiger partial charge in [-0.2, -0.15) is 0 Å². The molecule has 104 valence electrons. The fraction of sp³-hybridized carbons (Fsp3) is 0.400. The number of ketones is 2. The quantitative estimate of drug-likeness (QED) is 0.466. The van der Waals surface area contributed by atoms with Gasteiger partial charge in [0.05, 0.1) is 7.11 Å². The van der Waals surface area contributed by atoms with Crippen LogP contribution in [0.1, 0.15) is 37.6 Å². The first-order valence-corrected chi connectivity index (χ1v) is 6.22. The van der Waals surface area contributed by atoms with Gasteiger partial charge in [0.2, 0.25) is 0 Å². The molecule has 0 spiro atoms. The SMILES string of the molecule is CC.COC(=O)C(CC(C)=O)C(=O)c1ccccc1. The molecule has 0 saturated carbocycles. The third-order valence-electron chi connectivity index (χ3n) is 2.35. The third-order valence-corrected chi connectivity index (χ3v) is 2.35. The van der Waals surface area contributed by atoms with E-state index in [4.69, 9.17) is 0 Å². The molecule has 4 heteroatoms. The number of benzene rings is 1. The number of esters is 1. The molecule has 0 bridgehead atoms. The minimum absolute atomic E-state index is 0.125. The summed E-state index contributed by atoms with van der Waals surface area (Å²) in [5.74, 6) is -2.31. The van der Waals surface area contributed by atoms with E-state index in [-0.39, 0.29) is 18.0 Å². The van der Waals surface area contributed by atoms with Gasteiger partial charge in [0, 0.05) is 12.0 Å². The molecule has 0 radical (unpaired) electrons. The highest BCUT2D eigenvalue weighted by molar-refractivity contribution is 6.10. The molecule has 0 saturated heterocycles. The van der Waals surface area contributed by atoms with E-state index >= 15 is 0 Å². The highest BCUT2D eigenvalue weighted by Crippen LogP contribution is 2.14. The number of Topliss-reactive ketones (excluding diaryl/α,β-unsaturated/α-hetero) is 2. The zero-order valence-corrected chi connectivity index (χ0v) is 11.8. The normalized spacial score (nSPS) is 10.7. The second-order valence-corrected chi connectivity index (χ2v) is 3.71. The Balaban J connectivity index is 0.00000154. The number of hydrogen-bond acceptors (Lipinski definition) is 4. The van der Waals surface area contributed by atoms with Crippen LogP contribution >= 0.6 is 0 Å². The maximum atomic E-state index is 12.0. The Labute approximate surface area is 113 Å². The molecule has 1 rings (SSSR count). The molecule has 1 aromatic carbocycles. The van der Waals surface area contributed by atoms with Crippen LogP contribution in [0.5, 0.6) is 0 Å². The summed E-state index contributed by atoms with van der Waals surface area (Å²) in [5.41, 5.74) is 0.407. The van der Waals surface area contributed by atoms with E-state index in [1.807, 2.05) is 13.8 Å². The van der Waals surface area contributed by atoms with Crippen molar-refractivity contribution in [2.75, 3.05) is 7.11 Å². The van der Waals surface area contributed by atoms with Crippen LogP contribution in [0, 0.1) is 5.92 Å². The van der Waals surface area contributed by atoms with Gasteiger partial charge in [-0.3, -0.25) is 14.4 Å². The van der Waals surface area contributed by atoms with E-state index in [9.17, 15) is 14.4 Å². The molecule has 0 aliphatic rings. The van der Waals surface area contributed by atoms with Gasteiger partial charge in [-0.15, -0.1) is 0 Å². The van der Waals surface area contributed by atoms with Crippen molar-refractivity contribution in [2.24, 2.45) is 5.92 Å².